The summed E-state index contributed by atoms with van der Waals surface area (Å²) in [6.07, 6.45) is 5.97. The summed E-state index contributed by atoms with van der Waals surface area (Å²) in [4.78, 5) is 5.36. The monoisotopic (exact) mass is 330 g/mol. The molecule has 0 aromatic heterocycles. The van der Waals surface area contributed by atoms with Crippen molar-refractivity contribution in [3.8, 4) is 11.5 Å². The van der Waals surface area contributed by atoms with Crippen LogP contribution in [0.2, 0.25) is 0 Å². The number of rotatable bonds is 5. The molecule has 24 heavy (non-hydrogen) atoms. The number of piperazine rings is 1. The quantitative estimate of drug-likeness (QED) is 0.828. The number of fused-ring (bicyclic) bond motifs is 2. The number of hydrogen-bond donors (Lipinski definition) is 0. The Morgan fingerprint density at radius 1 is 0.958 bits per heavy atom. The SMILES string of the molecule is COc1ccc(CN2CCN([C@@H]3C[C@H]4CC[C@@H]3C4)CC2)cc1OC. The fraction of sp³-hybridized carbons (Fsp3) is 0.700. The van der Waals surface area contributed by atoms with Crippen molar-refractivity contribution < 1.29 is 9.47 Å². The highest BCUT2D eigenvalue weighted by Crippen LogP contribution is 2.46. The highest BCUT2D eigenvalue weighted by molar-refractivity contribution is 5.42. The van der Waals surface area contributed by atoms with Gasteiger partial charge in [-0.3, -0.25) is 9.80 Å². The maximum Gasteiger partial charge on any atom is 0.161 e. The predicted octanol–water partition coefficient (Wildman–Crippen LogP) is 3.01. The van der Waals surface area contributed by atoms with Gasteiger partial charge in [0.1, 0.15) is 0 Å². The van der Waals surface area contributed by atoms with Crippen LogP contribution < -0.4 is 9.47 Å². The second-order valence-corrected chi connectivity index (χ2v) is 7.74. The molecule has 3 fully saturated rings. The van der Waals surface area contributed by atoms with Crippen molar-refractivity contribution >= 4 is 0 Å². The summed E-state index contributed by atoms with van der Waals surface area (Å²) in [5, 5.41) is 0. The summed E-state index contributed by atoms with van der Waals surface area (Å²) in [6, 6.07) is 7.18. The van der Waals surface area contributed by atoms with E-state index in [1.807, 2.05) is 6.07 Å². The van der Waals surface area contributed by atoms with Gasteiger partial charge in [0.2, 0.25) is 0 Å². The summed E-state index contributed by atoms with van der Waals surface area (Å²) >= 11 is 0. The first kappa shape index (κ1) is 16.2. The number of ether oxygens (including phenoxy) is 2. The average molecular weight is 330 g/mol. The molecule has 2 saturated carbocycles. The van der Waals surface area contributed by atoms with E-state index >= 15 is 0 Å². The molecule has 4 heteroatoms. The summed E-state index contributed by atoms with van der Waals surface area (Å²) in [6.45, 7) is 5.84. The molecule has 2 aliphatic carbocycles. The lowest BCUT2D eigenvalue weighted by molar-refractivity contribution is 0.0679. The lowest BCUT2D eigenvalue weighted by atomic mass is 9.93. The van der Waals surface area contributed by atoms with Crippen molar-refractivity contribution in [2.75, 3.05) is 40.4 Å². The molecule has 0 spiro atoms. The van der Waals surface area contributed by atoms with Gasteiger partial charge in [-0.25, -0.2) is 0 Å². The van der Waals surface area contributed by atoms with E-state index in [9.17, 15) is 0 Å². The highest BCUT2D eigenvalue weighted by atomic mass is 16.5. The van der Waals surface area contributed by atoms with Crippen LogP contribution in [-0.2, 0) is 6.54 Å². The maximum absolute atomic E-state index is 5.43. The third-order valence-electron chi connectivity index (χ3n) is 6.43. The van der Waals surface area contributed by atoms with Crippen LogP contribution in [0.25, 0.3) is 0 Å². The number of nitrogens with zero attached hydrogens (tertiary/aromatic N) is 2. The topological polar surface area (TPSA) is 24.9 Å². The second kappa shape index (κ2) is 6.93. The van der Waals surface area contributed by atoms with Crippen LogP contribution in [0, 0.1) is 11.8 Å². The molecular weight excluding hydrogens is 300 g/mol. The summed E-state index contributed by atoms with van der Waals surface area (Å²) < 4.78 is 10.8. The zero-order chi connectivity index (χ0) is 16.5. The van der Waals surface area contributed by atoms with E-state index in [-0.39, 0.29) is 0 Å². The lowest BCUT2D eigenvalue weighted by Gasteiger charge is -2.41. The Labute approximate surface area is 145 Å². The van der Waals surface area contributed by atoms with Gasteiger partial charge in [-0.15, -0.1) is 0 Å². The van der Waals surface area contributed by atoms with Gasteiger partial charge in [0.05, 0.1) is 14.2 Å². The van der Waals surface area contributed by atoms with Crippen LogP contribution in [-0.4, -0.2) is 56.2 Å². The third kappa shape index (κ3) is 3.14. The molecule has 0 radical (unpaired) electrons. The van der Waals surface area contributed by atoms with Gasteiger partial charge in [0.25, 0.3) is 0 Å². The van der Waals surface area contributed by atoms with Gasteiger partial charge in [-0.2, -0.15) is 0 Å². The first-order chi connectivity index (χ1) is 11.8. The molecule has 0 unspecified atom stereocenters. The first-order valence-corrected chi connectivity index (χ1v) is 9.44. The van der Waals surface area contributed by atoms with Gasteiger partial charge in [-0.1, -0.05) is 12.5 Å². The van der Waals surface area contributed by atoms with Crippen molar-refractivity contribution in [1.82, 2.24) is 9.80 Å². The smallest absolute Gasteiger partial charge is 0.161 e. The third-order valence-corrected chi connectivity index (χ3v) is 6.43. The minimum Gasteiger partial charge on any atom is -0.493 e. The Kier molecular flexibility index (Phi) is 4.68. The largest absolute Gasteiger partial charge is 0.493 e. The zero-order valence-electron chi connectivity index (χ0n) is 15.0. The molecule has 2 bridgehead atoms. The Morgan fingerprint density at radius 2 is 1.75 bits per heavy atom. The molecule has 1 aromatic rings. The molecule has 1 heterocycles. The number of hydrogen-bond acceptors (Lipinski definition) is 4. The lowest BCUT2D eigenvalue weighted by Crippen LogP contribution is -2.51. The summed E-state index contributed by atoms with van der Waals surface area (Å²) in [5.74, 6) is 3.69. The Hall–Kier alpha value is -1.26. The highest BCUT2D eigenvalue weighted by Gasteiger charge is 2.42. The average Bonchev–Trinajstić information content (AvgIpc) is 3.25. The first-order valence-electron chi connectivity index (χ1n) is 9.44. The van der Waals surface area contributed by atoms with E-state index in [1.165, 1.54) is 57.4 Å². The maximum atomic E-state index is 5.43. The van der Waals surface area contributed by atoms with Crippen molar-refractivity contribution in [3.05, 3.63) is 23.8 Å². The van der Waals surface area contributed by atoms with Crippen LogP contribution in [0.3, 0.4) is 0 Å². The normalized spacial score (nSPS) is 30.7. The van der Waals surface area contributed by atoms with Crippen molar-refractivity contribution in [1.29, 1.82) is 0 Å². The van der Waals surface area contributed by atoms with Gasteiger partial charge in [0, 0.05) is 38.8 Å². The Bertz CT molecular complexity index is 569. The van der Waals surface area contributed by atoms with E-state index in [0.717, 1.165) is 35.9 Å². The van der Waals surface area contributed by atoms with Crippen LogP contribution in [0.4, 0.5) is 0 Å². The fourth-order valence-corrected chi connectivity index (χ4v) is 5.15. The fourth-order valence-electron chi connectivity index (χ4n) is 5.15. The predicted molar refractivity (Wildman–Crippen MR) is 95.6 cm³/mol. The molecule has 1 saturated heterocycles. The molecule has 132 valence electrons. The van der Waals surface area contributed by atoms with Crippen molar-refractivity contribution in [3.63, 3.8) is 0 Å². The molecule has 4 nitrogen and oxygen atoms in total. The molecule has 0 amide bonds. The summed E-state index contributed by atoms with van der Waals surface area (Å²) in [5.41, 5.74) is 1.31. The van der Waals surface area contributed by atoms with E-state index < -0.39 is 0 Å². The molecular formula is C20H30N2O2. The molecule has 1 aromatic carbocycles. The minimum absolute atomic E-state index is 0.808. The van der Waals surface area contributed by atoms with Crippen molar-refractivity contribution in [2.45, 2.75) is 38.3 Å². The van der Waals surface area contributed by atoms with Gasteiger partial charge in [0.15, 0.2) is 11.5 Å². The van der Waals surface area contributed by atoms with Crippen LogP contribution >= 0.6 is 0 Å². The standard InChI is InChI=1S/C20H30N2O2/c1-23-19-6-4-16(13-20(19)24-2)14-21-7-9-22(10-8-21)18-12-15-3-5-17(18)11-15/h4,6,13,15,17-18H,3,5,7-12,14H2,1-2H3/t15-,17+,18+/m0/s1. The molecule has 0 N–H and O–H groups in total. The molecule has 3 aliphatic rings. The zero-order valence-corrected chi connectivity index (χ0v) is 15.0. The molecule has 1 aliphatic heterocycles. The number of benzene rings is 1. The Morgan fingerprint density at radius 3 is 2.38 bits per heavy atom. The van der Waals surface area contributed by atoms with Crippen LogP contribution in [0.15, 0.2) is 18.2 Å². The van der Waals surface area contributed by atoms with Gasteiger partial charge < -0.3 is 9.47 Å². The van der Waals surface area contributed by atoms with E-state index in [4.69, 9.17) is 9.47 Å². The summed E-state index contributed by atoms with van der Waals surface area (Å²) in [7, 11) is 3.39. The van der Waals surface area contributed by atoms with E-state index in [2.05, 4.69) is 21.9 Å². The second-order valence-electron chi connectivity index (χ2n) is 7.74. The minimum atomic E-state index is 0.808. The number of methoxy groups -OCH3 is 2. The van der Waals surface area contributed by atoms with Gasteiger partial charge in [-0.05, 0) is 48.8 Å². The van der Waals surface area contributed by atoms with Crippen LogP contribution in [0.1, 0.15) is 31.2 Å². The van der Waals surface area contributed by atoms with E-state index in [0.29, 0.717) is 0 Å². The molecule has 4 rings (SSSR count). The van der Waals surface area contributed by atoms with Gasteiger partial charge >= 0.3 is 0 Å². The van der Waals surface area contributed by atoms with E-state index in [1.54, 1.807) is 14.2 Å². The molecule has 3 atom stereocenters. The Balaban J connectivity index is 1.32. The van der Waals surface area contributed by atoms with Crippen molar-refractivity contribution in [2.24, 2.45) is 11.8 Å². The van der Waals surface area contributed by atoms with Crippen LogP contribution in [0.5, 0.6) is 11.5 Å².